The molecule has 0 saturated heterocycles. The first kappa shape index (κ1) is 29.0. The van der Waals surface area contributed by atoms with Crippen molar-refractivity contribution in [3.8, 4) is 17.2 Å². The van der Waals surface area contributed by atoms with E-state index in [1.807, 2.05) is 6.92 Å². The first-order chi connectivity index (χ1) is 18.7. The average Bonchev–Trinajstić information content (AvgIpc) is 2.94. The lowest BCUT2D eigenvalue weighted by atomic mass is 10.2. The van der Waals surface area contributed by atoms with Gasteiger partial charge in [0.05, 0.1) is 38.1 Å². The number of rotatable bonds is 12. The fourth-order valence-corrected chi connectivity index (χ4v) is 4.80. The van der Waals surface area contributed by atoms with Crippen molar-refractivity contribution in [2.24, 2.45) is 5.10 Å². The van der Waals surface area contributed by atoms with Gasteiger partial charge in [0.2, 0.25) is 0 Å². The number of nitrogens with one attached hydrogen (secondary N) is 1. The predicted octanol–water partition coefficient (Wildman–Crippen LogP) is 2.91. The molecule has 0 atom stereocenters. The maximum absolute atomic E-state index is 13.6. The topological polar surface area (TPSA) is 133 Å². The third-order valence-electron chi connectivity index (χ3n) is 5.40. The molecule has 39 heavy (non-hydrogen) atoms. The second-order valence-corrected chi connectivity index (χ2v) is 9.96. The summed E-state index contributed by atoms with van der Waals surface area (Å²) in [7, 11) is -0.0801. The molecule has 0 heterocycles. The highest BCUT2D eigenvalue weighted by Crippen LogP contribution is 2.32. The Morgan fingerprint density at radius 1 is 0.949 bits per heavy atom. The Balaban J connectivity index is 1.80. The van der Waals surface area contributed by atoms with Gasteiger partial charge in [0.1, 0.15) is 12.3 Å². The maximum Gasteiger partial charge on any atom is 0.343 e. The highest BCUT2D eigenvalue weighted by Gasteiger charge is 2.28. The fourth-order valence-electron chi connectivity index (χ4n) is 3.36. The van der Waals surface area contributed by atoms with Crippen LogP contribution in [-0.2, 0) is 24.3 Å². The normalized spacial score (nSPS) is 11.1. The van der Waals surface area contributed by atoms with E-state index < -0.39 is 28.4 Å². The van der Waals surface area contributed by atoms with Crippen LogP contribution < -0.4 is 23.9 Å². The number of hydrazone groups is 1. The van der Waals surface area contributed by atoms with Crippen LogP contribution in [0.3, 0.4) is 0 Å². The van der Waals surface area contributed by atoms with Gasteiger partial charge in [0.25, 0.3) is 15.9 Å². The van der Waals surface area contributed by atoms with Crippen molar-refractivity contribution in [1.82, 2.24) is 5.43 Å². The zero-order valence-corrected chi connectivity index (χ0v) is 22.7. The van der Waals surface area contributed by atoms with Gasteiger partial charge in [-0.2, -0.15) is 5.10 Å². The van der Waals surface area contributed by atoms with Gasteiger partial charge in [-0.3, -0.25) is 9.10 Å². The first-order valence-electron chi connectivity index (χ1n) is 11.6. The molecule has 0 fully saturated rings. The van der Waals surface area contributed by atoms with Gasteiger partial charge in [-0.1, -0.05) is 29.8 Å². The molecule has 0 radical (unpaired) electrons. The van der Waals surface area contributed by atoms with E-state index >= 15 is 0 Å². The highest BCUT2D eigenvalue weighted by atomic mass is 32.2. The Hall–Kier alpha value is -4.58. The summed E-state index contributed by atoms with van der Waals surface area (Å²) in [4.78, 5) is 24.0. The fraction of sp³-hybridized carbons (Fsp3) is 0.222. The molecule has 3 aromatic rings. The number of benzene rings is 3. The van der Waals surface area contributed by atoms with E-state index in [9.17, 15) is 18.0 Å². The zero-order chi connectivity index (χ0) is 28.4. The molecule has 0 aromatic heterocycles. The quantitative estimate of drug-likeness (QED) is 0.205. The third-order valence-corrected chi connectivity index (χ3v) is 7.17. The monoisotopic (exact) mass is 555 g/mol. The predicted molar refractivity (Wildman–Crippen MR) is 145 cm³/mol. The summed E-state index contributed by atoms with van der Waals surface area (Å²) >= 11 is 0. The van der Waals surface area contributed by atoms with Gasteiger partial charge >= 0.3 is 5.97 Å². The van der Waals surface area contributed by atoms with E-state index in [-0.39, 0.29) is 17.3 Å². The number of esters is 1. The lowest BCUT2D eigenvalue weighted by molar-refractivity contribution is -0.142. The molecule has 12 heteroatoms. The van der Waals surface area contributed by atoms with Crippen molar-refractivity contribution < 1.29 is 37.0 Å². The molecular formula is C27H29N3O8S. The van der Waals surface area contributed by atoms with Crippen molar-refractivity contribution in [3.63, 3.8) is 0 Å². The van der Waals surface area contributed by atoms with Gasteiger partial charge in [0.15, 0.2) is 18.1 Å². The standard InChI is InChI=1S/C27H29N3O8S/c1-19-8-10-21(11-9-19)30(39(33,34)23-12-13-24(35-2)25(15-23)36-3)17-26(31)29-28-16-20-6-5-7-22(14-20)38-18-27(32)37-4/h5-16H,17-18H2,1-4H3,(H,29,31)/b28-16-. The van der Waals surface area contributed by atoms with Crippen LogP contribution in [0, 0.1) is 6.92 Å². The van der Waals surface area contributed by atoms with Gasteiger partial charge in [-0.15, -0.1) is 0 Å². The molecule has 3 rings (SSSR count). The van der Waals surface area contributed by atoms with E-state index in [2.05, 4.69) is 15.3 Å². The van der Waals surface area contributed by atoms with Crippen LogP contribution in [-0.4, -0.2) is 61.0 Å². The molecule has 0 aliphatic heterocycles. The summed E-state index contributed by atoms with van der Waals surface area (Å²) < 4.78 is 48.6. The Bertz CT molecular complexity index is 1440. The largest absolute Gasteiger partial charge is 0.493 e. The minimum Gasteiger partial charge on any atom is -0.493 e. The SMILES string of the molecule is COC(=O)COc1cccc(/C=N\NC(=O)CN(c2ccc(C)cc2)S(=O)(=O)c2ccc(OC)c(OC)c2)c1. The smallest absolute Gasteiger partial charge is 0.343 e. The molecule has 0 bridgehead atoms. The van der Waals surface area contributed by atoms with Crippen molar-refractivity contribution in [2.75, 3.05) is 38.8 Å². The molecule has 3 aromatic carbocycles. The maximum atomic E-state index is 13.6. The summed E-state index contributed by atoms with van der Waals surface area (Å²) in [5.74, 6) is -0.196. The molecule has 0 unspecified atom stereocenters. The number of aryl methyl sites for hydroxylation is 1. The van der Waals surface area contributed by atoms with Gasteiger partial charge < -0.3 is 18.9 Å². The van der Waals surface area contributed by atoms with Crippen LogP contribution >= 0.6 is 0 Å². The van der Waals surface area contributed by atoms with Crippen molar-refractivity contribution >= 4 is 33.8 Å². The van der Waals surface area contributed by atoms with Crippen molar-refractivity contribution in [1.29, 1.82) is 0 Å². The Morgan fingerprint density at radius 3 is 2.33 bits per heavy atom. The van der Waals surface area contributed by atoms with Crippen LogP contribution in [0.1, 0.15) is 11.1 Å². The van der Waals surface area contributed by atoms with Crippen LogP contribution in [0.2, 0.25) is 0 Å². The molecule has 1 amide bonds. The summed E-state index contributed by atoms with van der Waals surface area (Å²) in [6.07, 6.45) is 1.36. The molecular weight excluding hydrogens is 526 g/mol. The first-order valence-corrected chi connectivity index (χ1v) is 13.0. The lowest BCUT2D eigenvalue weighted by Gasteiger charge is -2.24. The van der Waals surface area contributed by atoms with E-state index in [4.69, 9.17) is 14.2 Å². The number of hydrogen-bond acceptors (Lipinski definition) is 9. The van der Waals surface area contributed by atoms with E-state index in [1.54, 1.807) is 48.5 Å². The number of ether oxygens (including phenoxy) is 4. The second-order valence-electron chi connectivity index (χ2n) is 8.09. The minimum absolute atomic E-state index is 0.0826. The number of amides is 1. The molecule has 0 aliphatic carbocycles. The highest BCUT2D eigenvalue weighted by molar-refractivity contribution is 7.92. The average molecular weight is 556 g/mol. The Morgan fingerprint density at radius 2 is 1.67 bits per heavy atom. The molecule has 0 saturated carbocycles. The number of sulfonamides is 1. The van der Waals surface area contributed by atoms with E-state index in [0.29, 0.717) is 22.7 Å². The number of carbonyl (C=O) groups excluding carboxylic acids is 2. The third kappa shape index (κ3) is 7.71. The zero-order valence-electron chi connectivity index (χ0n) is 21.9. The van der Waals surface area contributed by atoms with Crippen LogP contribution in [0.5, 0.6) is 17.2 Å². The number of methoxy groups -OCH3 is 3. The van der Waals surface area contributed by atoms with Crippen LogP contribution in [0.25, 0.3) is 0 Å². The minimum atomic E-state index is -4.19. The number of carbonyl (C=O) groups is 2. The van der Waals surface area contributed by atoms with E-state index in [1.165, 1.54) is 45.7 Å². The molecule has 206 valence electrons. The molecule has 11 nitrogen and oxygen atoms in total. The van der Waals surface area contributed by atoms with Crippen LogP contribution in [0.15, 0.2) is 76.7 Å². The second kappa shape index (κ2) is 13.3. The summed E-state index contributed by atoms with van der Waals surface area (Å²) in [6.45, 7) is 1.07. The Labute approximate surface area is 227 Å². The van der Waals surface area contributed by atoms with Gasteiger partial charge in [-0.25, -0.2) is 18.6 Å². The molecule has 0 aliphatic rings. The molecule has 1 N–H and O–H groups in total. The van der Waals surface area contributed by atoms with E-state index in [0.717, 1.165) is 9.87 Å². The molecule has 0 spiro atoms. The summed E-state index contributed by atoms with van der Waals surface area (Å²) in [6, 6.07) is 17.6. The number of nitrogens with zero attached hydrogens (tertiary/aromatic N) is 2. The van der Waals surface area contributed by atoms with Gasteiger partial charge in [-0.05, 0) is 48.9 Å². The number of anilines is 1. The Kier molecular flexibility index (Phi) is 9.87. The van der Waals surface area contributed by atoms with Crippen molar-refractivity contribution in [2.45, 2.75) is 11.8 Å². The summed E-state index contributed by atoms with van der Waals surface area (Å²) in [5.41, 5.74) is 4.15. The summed E-state index contributed by atoms with van der Waals surface area (Å²) in [5, 5.41) is 3.93. The van der Waals surface area contributed by atoms with Crippen LogP contribution in [0.4, 0.5) is 5.69 Å². The van der Waals surface area contributed by atoms with Gasteiger partial charge in [0, 0.05) is 6.07 Å². The number of hydrogen-bond donors (Lipinski definition) is 1. The van der Waals surface area contributed by atoms with Crippen molar-refractivity contribution in [3.05, 3.63) is 77.9 Å². The lowest BCUT2D eigenvalue weighted by Crippen LogP contribution is -2.39.